The first-order valence-corrected chi connectivity index (χ1v) is 7.83. The quantitative estimate of drug-likeness (QED) is 0.907. The lowest BCUT2D eigenvalue weighted by molar-refractivity contribution is 0.0992. The first-order chi connectivity index (χ1) is 9.60. The van der Waals surface area contributed by atoms with Gasteiger partial charge in [0.2, 0.25) is 0 Å². The smallest absolute Gasteiger partial charge is 0.125 e. The van der Waals surface area contributed by atoms with Crippen LogP contribution in [0.15, 0.2) is 12.1 Å². The van der Waals surface area contributed by atoms with E-state index in [-0.39, 0.29) is 0 Å². The van der Waals surface area contributed by atoms with Crippen molar-refractivity contribution in [3.8, 4) is 5.75 Å². The molecular weight excluding hydrogens is 272 g/mol. The summed E-state index contributed by atoms with van der Waals surface area (Å²) in [5, 5.41) is 0.781. The van der Waals surface area contributed by atoms with Crippen molar-refractivity contribution >= 4 is 11.6 Å². The topological polar surface area (TPSA) is 38.5 Å². The van der Waals surface area contributed by atoms with Crippen molar-refractivity contribution in [2.45, 2.75) is 39.2 Å². The van der Waals surface area contributed by atoms with Crippen molar-refractivity contribution < 1.29 is 4.74 Å². The minimum atomic E-state index is 0.322. The van der Waals surface area contributed by atoms with E-state index in [2.05, 4.69) is 18.7 Å². The Bertz CT molecular complexity index is 419. The maximum atomic E-state index is 6.21. The van der Waals surface area contributed by atoms with Crippen LogP contribution in [-0.4, -0.2) is 37.2 Å². The third-order valence-corrected chi connectivity index (χ3v) is 4.14. The molecule has 0 atom stereocenters. The van der Waals surface area contributed by atoms with E-state index in [9.17, 15) is 0 Å². The molecule has 0 spiro atoms. The van der Waals surface area contributed by atoms with Gasteiger partial charge in [0.25, 0.3) is 0 Å². The molecule has 1 aromatic rings. The number of benzene rings is 1. The van der Waals surface area contributed by atoms with Crippen molar-refractivity contribution in [2.75, 3.05) is 26.2 Å². The van der Waals surface area contributed by atoms with Crippen LogP contribution < -0.4 is 10.5 Å². The summed E-state index contributed by atoms with van der Waals surface area (Å²) in [6, 6.07) is 3.94. The standard InChI is InChI=1S/C16H25ClN2O/c1-12-10-14(17)11-13(2)16(12)20-15-4-8-19(9-5-15)7-3-6-18/h10-11,15H,3-9,18H2,1-2H3. The third-order valence-electron chi connectivity index (χ3n) is 3.92. The number of aryl methyl sites for hydroxylation is 2. The molecule has 1 saturated heterocycles. The van der Waals surface area contributed by atoms with Crippen molar-refractivity contribution in [3.63, 3.8) is 0 Å². The Kier molecular flexibility index (Phi) is 5.70. The van der Waals surface area contributed by atoms with E-state index in [1.54, 1.807) is 0 Å². The second-order valence-corrected chi connectivity index (χ2v) is 6.11. The minimum absolute atomic E-state index is 0.322. The van der Waals surface area contributed by atoms with Crippen LogP contribution in [0.4, 0.5) is 0 Å². The van der Waals surface area contributed by atoms with Crippen LogP contribution >= 0.6 is 11.6 Å². The van der Waals surface area contributed by atoms with E-state index in [0.29, 0.717) is 6.10 Å². The van der Waals surface area contributed by atoms with Gasteiger partial charge >= 0.3 is 0 Å². The van der Waals surface area contributed by atoms with Crippen LogP contribution in [0.2, 0.25) is 5.02 Å². The average molecular weight is 297 g/mol. The summed E-state index contributed by atoms with van der Waals surface area (Å²) in [4.78, 5) is 2.48. The zero-order valence-corrected chi connectivity index (χ0v) is 13.2. The molecular formula is C16H25ClN2O. The molecule has 3 nitrogen and oxygen atoms in total. The summed E-state index contributed by atoms with van der Waals surface area (Å²) in [7, 11) is 0. The molecule has 1 heterocycles. The summed E-state index contributed by atoms with van der Waals surface area (Å²) in [5.41, 5.74) is 7.81. The number of ether oxygens (including phenoxy) is 1. The monoisotopic (exact) mass is 296 g/mol. The van der Waals surface area contributed by atoms with Crippen molar-refractivity contribution in [2.24, 2.45) is 5.73 Å². The number of hydrogen-bond acceptors (Lipinski definition) is 3. The Balaban J connectivity index is 1.90. The third kappa shape index (κ3) is 4.11. The number of rotatable bonds is 5. The van der Waals surface area contributed by atoms with Gasteiger partial charge in [0, 0.05) is 18.1 Å². The van der Waals surface area contributed by atoms with Crippen molar-refractivity contribution in [1.29, 1.82) is 0 Å². The molecule has 0 unspecified atom stereocenters. The molecule has 0 aromatic heterocycles. The Morgan fingerprint density at radius 1 is 1.25 bits per heavy atom. The van der Waals surface area contributed by atoms with Gasteiger partial charge in [0.15, 0.2) is 0 Å². The molecule has 1 aromatic carbocycles. The highest BCUT2D eigenvalue weighted by Crippen LogP contribution is 2.29. The minimum Gasteiger partial charge on any atom is -0.490 e. The van der Waals surface area contributed by atoms with Crippen LogP contribution in [-0.2, 0) is 0 Å². The maximum Gasteiger partial charge on any atom is 0.125 e. The van der Waals surface area contributed by atoms with E-state index in [1.807, 2.05) is 12.1 Å². The normalized spacial score (nSPS) is 17.4. The molecule has 112 valence electrons. The molecule has 2 N–H and O–H groups in total. The molecule has 2 rings (SSSR count). The average Bonchev–Trinajstić information content (AvgIpc) is 2.42. The number of likely N-dealkylation sites (tertiary alicyclic amines) is 1. The van der Waals surface area contributed by atoms with Gasteiger partial charge in [-0.3, -0.25) is 0 Å². The van der Waals surface area contributed by atoms with Crippen LogP contribution in [0, 0.1) is 13.8 Å². The van der Waals surface area contributed by atoms with Gasteiger partial charge in [0.05, 0.1) is 0 Å². The number of nitrogens with zero attached hydrogens (tertiary/aromatic N) is 1. The predicted octanol–water partition coefficient (Wildman–Crippen LogP) is 3.15. The lowest BCUT2D eigenvalue weighted by atomic mass is 10.1. The van der Waals surface area contributed by atoms with Crippen molar-refractivity contribution in [3.05, 3.63) is 28.3 Å². The SMILES string of the molecule is Cc1cc(Cl)cc(C)c1OC1CCN(CCCN)CC1. The first kappa shape index (κ1) is 15.6. The highest BCUT2D eigenvalue weighted by atomic mass is 35.5. The highest BCUT2D eigenvalue weighted by molar-refractivity contribution is 6.30. The van der Waals surface area contributed by atoms with Crippen LogP contribution in [0.5, 0.6) is 5.75 Å². The highest BCUT2D eigenvalue weighted by Gasteiger charge is 2.21. The fourth-order valence-electron chi connectivity index (χ4n) is 2.82. The van der Waals surface area contributed by atoms with Gasteiger partial charge < -0.3 is 15.4 Å². The Hall–Kier alpha value is -0.770. The van der Waals surface area contributed by atoms with E-state index in [1.165, 1.54) is 0 Å². The van der Waals surface area contributed by atoms with E-state index in [0.717, 1.165) is 67.3 Å². The van der Waals surface area contributed by atoms with Gasteiger partial charge in [-0.05, 0) is 69.5 Å². The molecule has 0 amide bonds. The summed E-state index contributed by atoms with van der Waals surface area (Å²) in [6.07, 6.45) is 3.58. The number of piperidine rings is 1. The van der Waals surface area contributed by atoms with Gasteiger partial charge in [-0.15, -0.1) is 0 Å². The molecule has 1 aliphatic heterocycles. The Labute approximate surface area is 127 Å². The fraction of sp³-hybridized carbons (Fsp3) is 0.625. The number of halogens is 1. The number of nitrogens with two attached hydrogens (primary N) is 1. The number of hydrogen-bond donors (Lipinski definition) is 1. The molecule has 20 heavy (non-hydrogen) atoms. The zero-order valence-electron chi connectivity index (χ0n) is 12.5. The van der Waals surface area contributed by atoms with Gasteiger partial charge in [-0.2, -0.15) is 0 Å². The largest absolute Gasteiger partial charge is 0.490 e. The molecule has 0 saturated carbocycles. The van der Waals surface area contributed by atoms with E-state index < -0.39 is 0 Å². The zero-order chi connectivity index (χ0) is 14.5. The summed E-state index contributed by atoms with van der Waals surface area (Å²) in [6.45, 7) is 8.23. The van der Waals surface area contributed by atoms with Crippen LogP contribution in [0.3, 0.4) is 0 Å². The molecule has 0 aliphatic carbocycles. The second kappa shape index (κ2) is 7.30. The lowest BCUT2D eigenvalue weighted by Crippen LogP contribution is -2.39. The fourth-order valence-corrected chi connectivity index (χ4v) is 3.14. The first-order valence-electron chi connectivity index (χ1n) is 7.46. The Morgan fingerprint density at radius 3 is 2.40 bits per heavy atom. The van der Waals surface area contributed by atoms with Crippen LogP contribution in [0.25, 0.3) is 0 Å². The second-order valence-electron chi connectivity index (χ2n) is 5.67. The summed E-state index contributed by atoms with van der Waals surface area (Å²) < 4.78 is 6.21. The molecule has 4 heteroatoms. The summed E-state index contributed by atoms with van der Waals surface area (Å²) in [5.74, 6) is 1.01. The molecule has 0 bridgehead atoms. The summed E-state index contributed by atoms with van der Waals surface area (Å²) >= 11 is 6.06. The molecule has 0 radical (unpaired) electrons. The molecule has 1 aliphatic rings. The predicted molar refractivity (Wildman–Crippen MR) is 84.7 cm³/mol. The van der Waals surface area contributed by atoms with Crippen molar-refractivity contribution in [1.82, 2.24) is 4.90 Å². The molecule has 1 fully saturated rings. The van der Waals surface area contributed by atoms with Crippen LogP contribution in [0.1, 0.15) is 30.4 Å². The van der Waals surface area contributed by atoms with Gasteiger partial charge in [-0.25, -0.2) is 0 Å². The lowest BCUT2D eigenvalue weighted by Gasteiger charge is -2.32. The maximum absolute atomic E-state index is 6.21. The van der Waals surface area contributed by atoms with E-state index in [4.69, 9.17) is 22.1 Å². The van der Waals surface area contributed by atoms with Gasteiger partial charge in [0.1, 0.15) is 11.9 Å². The van der Waals surface area contributed by atoms with Gasteiger partial charge in [-0.1, -0.05) is 11.6 Å². The Morgan fingerprint density at radius 2 is 1.85 bits per heavy atom. The van der Waals surface area contributed by atoms with E-state index >= 15 is 0 Å².